The number of hydrogen-bond donors (Lipinski definition) is 0. The number of carbonyl (C=O) groups excluding carboxylic acids is 2. The van der Waals surface area contributed by atoms with Gasteiger partial charge in [0.15, 0.2) is 5.78 Å². The topological polar surface area (TPSA) is 46.5 Å². The predicted molar refractivity (Wildman–Crippen MR) is 107 cm³/mol. The minimum atomic E-state index is -0.293. The van der Waals surface area contributed by atoms with E-state index in [-0.39, 0.29) is 23.5 Å². The lowest BCUT2D eigenvalue weighted by Gasteiger charge is -2.19. The molecule has 0 heterocycles. The molecule has 0 fully saturated rings. The molecule has 1 aliphatic carbocycles. The molecule has 0 bridgehead atoms. The normalized spacial score (nSPS) is 14.7. The zero-order chi connectivity index (χ0) is 18.8. The van der Waals surface area contributed by atoms with E-state index in [9.17, 15) is 9.59 Å². The molecule has 0 unspecified atom stereocenters. The largest absolute Gasteiger partial charge is 0.289 e. The van der Waals surface area contributed by atoms with Crippen molar-refractivity contribution in [3.8, 4) is 0 Å². The molecule has 3 heteroatoms. The van der Waals surface area contributed by atoms with Crippen LogP contribution in [0, 0.1) is 11.8 Å². The molecule has 0 saturated carbocycles. The minimum absolute atomic E-state index is 0.0621. The predicted octanol–water partition coefficient (Wildman–Crippen LogP) is 5.17. The molecule has 0 N–H and O–H groups in total. The molecule has 3 rings (SSSR count). The second kappa shape index (κ2) is 7.20. The average Bonchev–Trinajstić information content (AvgIpc) is 2.62. The van der Waals surface area contributed by atoms with Gasteiger partial charge in [-0.3, -0.25) is 9.59 Å². The Kier molecular flexibility index (Phi) is 4.99. The molecule has 0 atom stereocenters. The second-order valence-corrected chi connectivity index (χ2v) is 7.24. The van der Waals surface area contributed by atoms with Crippen molar-refractivity contribution in [2.45, 2.75) is 27.7 Å². The Morgan fingerprint density at radius 2 is 1.42 bits per heavy atom. The third-order valence-corrected chi connectivity index (χ3v) is 4.60. The highest BCUT2D eigenvalue weighted by Crippen LogP contribution is 2.25. The van der Waals surface area contributed by atoms with Gasteiger partial charge in [-0.1, -0.05) is 58.0 Å². The first-order chi connectivity index (χ1) is 12.4. The molecule has 0 aromatic heterocycles. The molecule has 132 valence electrons. The number of fused-ring (bicyclic) bond motifs is 1. The Bertz CT molecular complexity index is 945. The van der Waals surface area contributed by atoms with E-state index in [0.717, 1.165) is 10.8 Å². The van der Waals surface area contributed by atoms with Crippen LogP contribution in [0.25, 0.3) is 10.8 Å². The third-order valence-electron chi connectivity index (χ3n) is 4.60. The van der Waals surface area contributed by atoms with Crippen molar-refractivity contribution in [1.29, 1.82) is 0 Å². The Morgan fingerprint density at radius 3 is 2.00 bits per heavy atom. The summed E-state index contributed by atoms with van der Waals surface area (Å²) in [6.07, 6.45) is 3.50. The molecule has 1 amide bonds. The zero-order valence-electron chi connectivity index (χ0n) is 15.6. The number of allylic oxidation sites excluding steroid dienone is 4. The van der Waals surface area contributed by atoms with Crippen LogP contribution in [0.4, 0.5) is 0 Å². The van der Waals surface area contributed by atoms with Crippen LogP contribution in [0.2, 0.25) is 0 Å². The van der Waals surface area contributed by atoms with Gasteiger partial charge in [-0.05, 0) is 46.9 Å². The van der Waals surface area contributed by atoms with Gasteiger partial charge >= 0.3 is 0 Å². The molecule has 2 aromatic rings. The molecule has 0 aliphatic heterocycles. The minimum Gasteiger partial charge on any atom is -0.289 e. The van der Waals surface area contributed by atoms with Gasteiger partial charge in [0.1, 0.15) is 0 Å². The van der Waals surface area contributed by atoms with Crippen molar-refractivity contribution >= 4 is 28.2 Å². The van der Waals surface area contributed by atoms with Crippen molar-refractivity contribution in [2.75, 3.05) is 0 Å². The lowest BCUT2D eigenvalue weighted by Crippen LogP contribution is -2.21. The monoisotopic (exact) mass is 345 g/mol. The summed E-state index contributed by atoms with van der Waals surface area (Å²) >= 11 is 0. The number of rotatable bonds is 3. The highest BCUT2D eigenvalue weighted by molar-refractivity contribution is 6.24. The van der Waals surface area contributed by atoms with Gasteiger partial charge < -0.3 is 0 Å². The SMILES string of the molecule is CC(C)C1=CC(=NC(=O)c2ccc3ccccc3c2)C=C(C(C)C)C1=O. The van der Waals surface area contributed by atoms with Gasteiger partial charge in [0.2, 0.25) is 0 Å². The summed E-state index contributed by atoms with van der Waals surface area (Å²) in [5.41, 5.74) is 2.52. The van der Waals surface area contributed by atoms with Crippen molar-refractivity contribution in [2.24, 2.45) is 16.8 Å². The fourth-order valence-corrected chi connectivity index (χ4v) is 3.08. The fourth-order valence-electron chi connectivity index (χ4n) is 3.08. The van der Waals surface area contributed by atoms with Gasteiger partial charge in [-0.15, -0.1) is 0 Å². The van der Waals surface area contributed by atoms with Crippen LogP contribution in [-0.4, -0.2) is 17.4 Å². The number of aliphatic imine (C=N–C) groups is 1. The maximum absolute atomic E-state index is 12.7. The van der Waals surface area contributed by atoms with Crippen molar-refractivity contribution in [3.63, 3.8) is 0 Å². The summed E-state index contributed by atoms with van der Waals surface area (Å²) in [6.45, 7) is 7.93. The third kappa shape index (κ3) is 3.57. The van der Waals surface area contributed by atoms with E-state index < -0.39 is 0 Å². The summed E-state index contributed by atoms with van der Waals surface area (Å²) in [5, 5.41) is 2.10. The number of benzene rings is 2. The highest BCUT2D eigenvalue weighted by atomic mass is 16.1. The van der Waals surface area contributed by atoms with E-state index in [2.05, 4.69) is 4.99 Å². The second-order valence-electron chi connectivity index (χ2n) is 7.24. The Morgan fingerprint density at radius 1 is 0.846 bits per heavy atom. The summed E-state index contributed by atoms with van der Waals surface area (Å²) in [6, 6.07) is 13.5. The molecule has 2 aromatic carbocycles. The van der Waals surface area contributed by atoms with Crippen LogP contribution in [-0.2, 0) is 4.79 Å². The van der Waals surface area contributed by atoms with E-state index in [4.69, 9.17) is 0 Å². The first-order valence-corrected chi connectivity index (χ1v) is 8.96. The zero-order valence-corrected chi connectivity index (χ0v) is 15.6. The summed E-state index contributed by atoms with van der Waals surface area (Å²) in [4.78, 5) is 29.5. The van der Waals surface area contributed by atoms with Crippen LogP contribution in [0.3, 0.4) is 0 Å². The van der Waals surface area contributed by atoms with Gasteiger partial charge in [0.05, 0.1) is 5.71 Å². The number of carbonyl (C=O) groups is 2. The maximum atomic E-state index is 12.7. The van der Waals surface area contributed by atoms with Gasteiger partial charge in [0, 0.05) is 16.7 Å². The lowest BCUT2D eigenvalue weighted by molar-refractivity contribution is -0.113. The van der Waals surface area contributed by atoms with Gasteiger partial charge in [0.25, 0.3) is 5.91 Å². The molecule has 1 aliphatic rings. The van der Waals surface area contributed by atoms with E-state index in [1.165, 1.54) is 0 Å². The standard InChI is InChI=1S/C23H23NO2/c1-14(2)20-12-19(13-21(15(3)4)22(20)25)24-23(26)18-10-9-16-7-5-6-8-17(16)11-18/h5-15H,1-4H3. The lowest BCUT2D eigenvalue weighted by atomic mass is 9.84. The van der Waals surface area contributed by atoms with E-state index in [0.29, 0.717) is 22.4 Å². The molecular formula is C23H23NO2. The van der Waals surface area contributed by atoms with Gasteiger partial charge in [-0.25, -0.2) is 4.99 Å². The van der Waals surface area contributed by atoms with E-state index >= 15 is 0 Å². The number of hydrogen-bond acceptors (Lipinski definition) is 2. The number of nitrogens with zero attached hydrogens (tertiary/aromatic N) is 1. The summed E-state index contributed by atoms with van der Waals surface area (Å²) in [7, 11) is 0. The number of amides is 1. The molecule has 0 radical (unpaired) electrons. The Hall–Kier alpha value is -2.81. The van der Waals surface area contributed by atoms with Crippen LogP contribution in [0.15, 0.2) is 70.8 Å². The van der Waals surface area contributed by atoms with Crippen LogP contribution >= 0.6 is 0 Å². The smallest absolute Gasteiger partial charge is 0.277 e. The average molecular weight is 345 g/mol. The quantitative estimate of drug-likeness (QED) is 0.721. The van der Waals surface area contributed by atoms with Crippen molar-refractivity contribution < 1.29 is 9.59 Å². The number of Topliss-reactive ketones (excluding diaryl/α,β-unsaturated/α-hetero) is 1. The van der Waals surface area contributed by atoms with Crippen LogP contribution in [0.5, 0.6) is 0 Å². The first kappa shape index (κ1) is 18.0. The van der Waals surface area contributed by atoms with Crippen molar-refractivity contribution in [3.05, 3.63) is 71.3 Å². The van der Waals surface area contributed by atoms with E-state index in [1.54, 1.807) is 18.2 Å². The fraction of sp³-hybridized carbons (Fsp3) is 0.261. The maximum Gasteiger partial charge on any atom is 0.277 e. The molecule has 0 spiro atoms. The Balaban J connectivity index is 2.00. The van der Waals surface area contributed by atoms with Crippen LogP contribution in [0.1, 0.15) is 38.1 Å². The van der Waals surface area contributed by atoms with E-state index in [1.807, 2.05) is 64.1 Å². The van der Waals surface area contributed by atoms with Crippen molar-refractivity contribution in [1.82, 2.24) is 0 Å². The summed E-state index contributed by atoms with van der Waals surface area (Å²) in [5.74, 6) is -0.0530. The van der Waals surface area contributed by atoms with Gasteiger partial charge in [-0.2, -0.15) is 0 Å². The summed E-state index contributed by atoms with van der Waals surface area (Å²) < 4.78 is 0. The molecule has 3 nitrogen and oxygen atoms in total. The highest BCUT2D eigenvalue weighted by Gasteiger charge is 2.25. The number of ketones is 1. The Labute approximate surface area is 154 Å². The van der Waals surface area contributed by atoms with Crippen LogP contribution < -0.4 is 0 Å². The first-order valence-electron chi connectivity index (χ1n) is 8.96. The molecule has 26 heavy (non-hydrogen) atoms. The molecule has 0 saturated heterocycles. The molecular weight excluding hydrogens is 322 g/mol.